The van der Waals surface area contributed by atoms with Crippen molar-refractivity contribution < 1.29 is 0 Å². The number of hydrogen-bond acceptors (Lipinski definition) is 3. The minimum absolute atomic E-state index is 0.740. The minimum Gasteiger partial charge on any atom is -0.357 e. The van der Waals surface area contributed by atoms with E-state index in [1.54, 1.807) is 0 Å². The SMILES string of the molecule is CCC=CCCCCCCCC1=NCCN1CCN. The molecule has 0 fully saturated rings. The number of hydrogen-bond donors (Lipinski definition) is 1. The van der Waals surface area contributed by atoms with E-state index in [4.69, 9.17) is 5.73 Å². The Balaban J connectivity index is 1.94. The van der Waals surface area contributed by atoms with Crippen molar-refractivity contribution in [1.82, 2.24) is 4.90 Å². The molecule has 1 aliphatic rings. The van der Waals surface area contributed by atoms with Crippen LogP contribution in [0, 0.1) is 0 Å². The van der Waals surface area contributed by atoms with Crippen molar-refractivity contribution >= 4 is 5.84 Å². The second kappa shape index (κ2) is 11.0. The van der Waals surface area contributed by atoms with Crippen LogP contribution in [-0.4, -0.2) is 36.9 Å². The Morgan fingerprint density at radius 2 is 1.95 bits per heavy atom. The van der Waals surface area contributed by atoms with Gasteiger partial charge in [-0.1, -0.05) is 38.3 Å². The van der Waals surface area contributed by atoms with Gasteiger partial charge < -0.3 is 10.6 Å². The molecule has 0 radical (unpaired) electrons. The van der Waals surface area contributed by atoms with E-state index in [-0.39, 0.29) is 0 Å². The number of allylic oxidation sites excluding steroid dienone is 2. The highest BCUT2D eigenvalue weighted by Crippen LogP contribution is 2.12. The molecule has 0 saturated heterocycles. The second-order valence-corrected chi connectivity index (χ2v) is 5.26. The monoisotopic (exact) mass is 265 g/mol. The standard InChI is InChI=1S/C16H31N3/c1-2-3-4-5-6-7-8-9-10-11-16-18-13-15-19(16)14-12-17/h3-4H,2,5-15,17H2,1H3. The Kier molecular flexibility index (Phi) is 9.42. The molecule has 0 unspecified atom stereocenters. The summed E-state index contributed by atoms with van der Waals surface area (Å²) in [5, 5.41) is 0. The zero-order valence-corrected chi connectivity index (χ0v) is 12.6. The molecule has 0 aromatic rings. The van der Waals surface area contributed by atoms with Gasteiger partial charge >= 0.3 is 0 Å². The molecular formula is C16H31N3. The maximum absolute atomic E-state index is 5.61. The molecule has 3 nitrogen and oxygen atoms in total. The Morgan fingerprint density at radius 3 is 2.74 bits per heavy atom. The van der Waals surface area contributed by atoms with Crippen molar-refractivity contribution in [2.45, 2.75) is 58.3 Å². The first-order chi connectivity index (χ1) is 9.38. The van der Waals surface area contributed by atoms with E-state index in [0.717, 1.165) is 32.6 Å². The molecule has 1 rings (SSSR count). The molecule has 0 aromatic heterocycles. The lowest BCUT2D eigenvalue weighted by molar-refractivity contribution is 0.456. The van der Waals surface area contributed by atoms with Crippen LogP contribution in [0.2, 0.25) is 0 Å². The summed E-state index contributed by atoms with van der Waals surface area (Å²) >= 11 is 0. The largest absolute Gasteiger partial charge is 0.357 e. The van der Waals surface area contributed by atoms with Crippen LogP contribution in [-0.2, 0) is 0 Å². The Morgan fingerprint density at radius 1 is 1.16 bits per heavy atom. The van der Waals surface area contributed by atoms with E-state index in [9.17, 15) is 0 Å². The fraction of sp³-hybridized carbons (Fsp3) is 0.812. The van der Waals surface area contributed by atoms with Gasteiger partial charge in [0, 0.05) is 26.1 Å². The molecule has 0 saturated carbocycles. The van der Waals surface area contributed by atoms with Crippen molar-refractivity contribution in [3.05, 3.63) is 12.2 Å². The third kappa shape index (κ3) is 7.36. The lowest BCUT2D eigenvalue weighted by Gasteiger charge is -2.19. The Hall–Kier alpha value is -0.830. The number of nitrogens with zero attached hydrogens (tertiary/aromatic N) is 2. The van der Waals surface area contributed by atoms with Crippen molar-refractivity contribution in [2.24, 2.45) is 10.7 Å². The molecule has 110 valence electrons. The predicted octanol–water partition coefficient (Wildman–Crippen LogP) is 3.36. The Labute approximate surface area is 119 Å². The summed E-state index contributed by atoms with van der Waals surface area (Å²) in [4.78, 5) is 6.94. The number of amidine groups is 1. The van der Waals surface area contributed by atoms with Crippen molar-refractivity contribution in [1.29, 1.82) is 0 Å². The first-order valence-corrected chi connectivity index (χ1v) is 8.01. The molecule has 1 heterocycles. The highest BCUT2D eigenvalue weighted by atomic mass is 15.2. The quantitative estimate of drug-likeness (QED) is 0.460. The lowest BCUT2D eigenvalue weighted by Crippen LogP contribution is -2.32. The fourth-order valence-corrected chi connectivity index (χ4v) is 2.52. The van der Waals surface area contributed by atoms with Gasteiger partial charge in [0.25, 0.3) is 0 Å². The molecule has 3 heteroatoms. The van der Waals surface area contributed by atoms with Gasteiger partial charge in [0.1, 0.15) is 0 Å². The van der Waals surface area contributed by atoms with Crippen molar-refractivity contribution in [3.8, 4) is 0 Å². The summed E-state index contributed by atoms with van der Waals surface area (Å²) in [6, 6.07) is 0. The van der Waals surface area contributed by atoms with Crippen LogP contribution in [0.4, 0.5) is 0 Å². The topological polar surface area (TPSA) is 41.6 Å². The molecular weight excluding hydrogens is 234 g/mol. The molecule has 0 aliphatic carbocycles. The highest BCUT2D eigenvalue weighted by Gasteiger charge is 2.14. The molecule has 0 bridgehead atoms. The molecule has 0 spiro atoms. The predicted molar refractivity (Wildman–Crippen MR) is 84.7 cm³/mol. The van der Waals surface area contributed by atoms with E-state index in [1.165, 1.54) is 50.8 Å². The van der Waals surface area contributed by atoms with Crippen LogP contribution in [0.5, 0.6) is 0 Å². The molecule has 0 amide bonds. The summed E-state index contributed by atoms with van der Waals surface area (Å²) in [5.74, 6) is 1.30. The number of rotatable bonds is 11. The van der Waals surface area contributed by atoms with Crippen LogP contribution in [0.15, 0.2) is 17.1 Å². The maximum Gasteiger partial charge on any atom is 0.0990 e. The first kappa shape index (κ1) is 16.2. The molecule has 1 aliphatic heterocycles. The summed E-state index contributed by atoms with van der Waals surface area (Å²) in [5.41, 5.74) is 5.61. The van der Waals surface area contributed by atoms with Crippen LogP contribution in [0.3, 0.4) is 0 Å². The van der Waals surface area contributed by atoms with Crippen molar-refractivity contribution in [3.63, 3.8) is 0 Å². The van der Waals surface area contributed by atoms with E-state index in [0.29, 0.717) is 0 Å². The van der Waals surface area contributed by atoms with Gasteiger partial charge in [0.15, 0.2) is 0 Å². The summed E-state index contributed by atoms with van der Waals surface area (Å²) < 4.78 is 0. The summed E-state index contributed by atoms with van der Waals surface area (Å²) in [6.07, 6.45) is 14.9. The van der Waals surface area contributed by atoms with Crippen molar-refractivity contribution in [2.75, 3.05) is 26.2 Å². The smallest absolute Gasteiger partial charge is 0.0990 e. The lowest BCUT2D eigenvalue weighted by atomic mass is 10.1. The van der Waals surface area contributed by atoms with E-state index < -0.39 is 0 Å². The van der Waals surface area contributed by atoms with Crippen LogP contribution in [0.1, 0.15) is 58.3 Å². The van der Waals surface area contributed by atoms with Gasteiger partial charge in [-0.3, -0.25) is 4.99 Å². The number of aliphatic imine (C=N–C) groups is 1. The Bertz CT molecular complexity index is 271. The zero-order valence-electron chi connectivity index (χ0n) is 12.6. The minimum atomic E-state index is 0.740. The third-order valence-corrected chi connectivity index (χ3v) is 3.60. The summed E-state index contributed by atoms with van der Waals surface area (Å²) in [7, 11) is 0. The third-order valence-electron chi connectivity index (χ3n) is 3.60. The number of unbranched alkanes of at least 4 members (excludes halogenated alkanes) is 5. The average Bonchev–Trinajstić information content (AvgIpc) is 2.85. The van der Waals surface area contributed by atoms with Gasteiger partial charge in [-0.15, -0.1) is 0 Å². The highest BCUT2D eigenvalue weighted by molar-refractivity contribution is 5.83. The molecule has 0 atom stereocenters. The number of nitrogens with two attached hydrogens (primary N) is 1. The maximum atomic E-state index is 5.61. The van der Waals surface area contributed by atoms with E-state index in [2.05, 4.69) is 29.0 Å². The zero-order chi connectivity index (χ0) is 13.8. The van der Waals surface area contributed by atoms with Crippen LogP contribution >= 0.6 is 0 Å². The van der Waals surface area contributed by atoms with Crippen LogP contribution < -0.4 is 5.73 Å². The summed E-state index contributed by atoms with van der Waals surface area (Å²) in [6.45, 7) is 5.96. The molecule has 0 aromatic carbocycles. The van der Waals surface area contributed by atoms with Gasteiger partial charge in [-0.25, -0.2) is 0 Å². The van der Waals surface area contributed by atoms with E-state index >= 15 is 0 Å². The second-order valence-electron chi connectivity index (χ2n) is 5.26. The fourth-order valence-electron chi connectivity index (χ4n) is 2.52. The first-order valence-electron chi connectivity index (χ1n) is 8.01. The molecule has 2 N–H and O–H groups in total. The van der Waals surface area contributed by atoms with E-state index in [1.807, 2.05) is 0 Å². The normalized spacial score (nSPS) is 15.5. The van der Waals surface area contributed by atoms with Gasteiger partial charge in [-0.05, 0) is 25.7 Å². The molecule has 19 heavy (non-hydrogen) atoms. The van der Waals surface area contributed by atoms with Gasteiger partial charge in [0.05, 0.1) is 12.4 Å². The average molecular weight is 265 g/mol. The van der Waals surface area contributed by atoms with Crippen LogP contribution in [0.25, 0.3) is 0 Å². The van der Waals surface area contributed by atoms with Gasteiger partial charge in [-0.2, -0.15) is 0 Å². The van der Waals surface area contributed by atoms with Gasteiger partial charge in [0.2, 0.25) is 0 Å².